The molecule has 50 heavy (non-hydrogen) atoms. The molecule has 0 radical (unpaired) electrons. The smallest absolute Gasteiger partial charge is 0.0548 e. The normalized spacial score (nSPS) is 12.0. The SMILES string of the molecule is c1ccc(-c2ccc(-n3c4ccccc4c4c5c6ccccc6n(-c6ccc7c(ccc8c9ccccc9ccc78)c6)c5ccc43)cc2)cc1. The van der Waals surface area contributed by atoms with Gasteiger partial charge in [0.1, 0.15) is 0 Å². The fourth-order valence-corrected chi connectivity index (χ4v) is 8.46. The zero-order valence-corrected chi connectivity index (χ0v) is 27.2. The minimum Gasteiger partial charge on any atom is -0.309 e. The summed E-state index contributed by atoms with van der Waals surface area (Å²) >= 11 is 0. The van der Waals surface area contributed by atoms with Crippen molar-refractivity contribution in [1.82, 2.24) is 9.13 Å². The van der Waals surface area contributed by atoms with Crippen LogP contribution in [0.2, 0.25) is 0 Å². The average Bonchev–Trinajstić information content (AvgIpc) is 3.71. The van der Waals surface area contributed by atoms with Crippen molar-refractivity contribution in [3.63, 3.8) is 0 Å². The second-order valence-corrected chi connectivity index (χ2v) is 13.3. The maximum atomic E-state index is 2.45. The molecule has 2 aromatic heterocycles. The van der Waals surface area contributed by atoms with E-state index in [9.17, 15) is 0 Å². The van der Waals surface area contributed by atoms with Gasteiger partial charge in [0, 0.05) is 32.9 Å². The molecule has 11 rings (SSSR count). The lowest BCUT2D eigenvalue weighted by molar-refractivity contribution is 1.17. The Hall–Kier alpha value is -6.64. The summed E-state index contributed by atoms with van der Waals surface area (Å²) in [5.41, 5.74) is 9.63. The van der Waals surface area contributed by atoms with Gasteiger partial charge in [-0.25, -0.2) is 0 Å². The Morgan fingerprint density at radius 1 is 0.260 bits per heavy atom. The second-order valence-electron chi connectivity index (χ2n) is 13.3. The van der Waals surface area contributed by atoms with Gasteiger partial charge in [-0.2, -0.15) is 0 Å². The molecular formula is C48H30N2. The number of para-hydroxylation sites is 2. The summed E-state index contributed by atoms with van der Waals surface area (Å²) in [6.07, 6.45) is 0. The molecular weight excluding hydrogens is 605 g/mol. The summed E-state index contributed by atoms with van der Waals surface area (Å²) in [5, 5.41) is 12.8. The quantitative estimate of drug-likeness (QED) is 0.171. The zero-order valence-electron chi connectivity index (χ0n) is 27.2. The number of hydrogen-bond acceptors (Lipinski definition) is 0. The Balaban J connectivity index is 1.15. The molecule has 0 unspecified atom stereocenters. The maximum absolute atomic E-state index is 2.45. The standard InChI is InChI=1S/C48H30N2/c1-2-10-31(11-3-1)32-18-22-35(23-19-32)49-43-16-8-6-14-41(43)47-45(49)28-29-46-48(47)42-15-7-9-17-44(42)50(46)36-24-27-38-34(30-36)21-26-39-37-13-5-4-12-33(37)20-25-40(38)39/h1-30H. The van der Waals surface area contributed by atoms with Crippen LogP contribution in [0.3, 0.4) is 0 Å². The third kappa shape index (κ3) is 3.85. The average molecular weight is 635 g/mol. The number of fused-ring (bicyclic) bond motifs is 12. The first kappa shape index (κ1) is 27.3. The summed E-state index contributed by atoms with van der Waals surface area (Å²) in [5.74, 6) is 0. The van der Waals surface area contributed by atoms with E-state index in [1.54, 1.807) is 0 Å². The van der Waals surface area contributed by atoms with Crippen LogP contribution in [0.15, 0.2) is 182 Å². The number of hydrogen-bond donors (Lipinski definition) is 0. The largest absolute Gasteiger partial charge is 0.309 e. The highest BCUT2D eigenvalue weighted by Crippen LogP contribution is 2.43. The fourth-order valence-electron chi connectivity index (χ4n) is 8.46. The molecule has 2 heterocycles. The highest BCUT2D eigenvalue weighted by atomic mass is 15.0. The molecule has 0 aliphatic rings. The summed E-state index contributed by atoms with van der Waals surface area (Å²) in [4.78, 5) is 0. The Morgan fingerprint density at radius 3 is 1.42 bits per heavy atom. The van der Waals surface area contributed by atoms with Crippen LogP contribution in [-0.4, -0.2) is 9.13 Å². The maximum Gasteiger partial charge on any atom is 0.0548 e. The predicted octanol–water partition coefficient (Wildman–Crippen LogP) is 13.0. The van der Waals surface area contributed by atoms with E-state index in [4.69, 9.17) is 0 Å². The zero-order chi connectivity index (χ0) is 32.8. The molecule has 0 spiro atoms. The lowest BCUT2D eigenvalue weighted by Gasteiger charge is -2.12. The first-order valence-corrected chi connectivity index (χ1v) is 17.3. The first-order valence-electron chi connectivity index (χ1n) is 17.3. The van der Waals surface area contributed by atoms with E-state index in [2.05, 4.69) is 191 Å². The Bertz CT molecular complexity index is 3120. The van der Waals surface area contributed by atoms with Crippen LogP contribution in [0.4, 0.5) is 0 Å². The Labute approximate surface area is 288 Å². The monoisotopic (exact) mass is 634 g/mol. The number of nitrogens with zero attached hydrogens (tertiary/aromatic N) is 2. The van der Waals surface area contributed by atoms with Crippen molar-refractivity contribution in [2.75, 3.05) is 0 Å². The highest BCUT2D eigenvalue weighted by molar-refractivity contribution is 6.29. The summed E-state index contributed by atoms with van der Waals surface area (Å²) in [7, 11) is 0. The molecule has 0 bridgehead atoms. The molecule has 0 aliphatic carbocycles. The minimum absolute atomic E-state index is 1.16. The van der Waals surface area contributed by atoms with E-state index in [1.165, 1.54) is 92.7 Å². The van der Waals surface area contributed by atoms with Gasteiger partial charge in [-0.1, -0.05) is 133 Å². The number of aromatic nitrogens is 2. The van der Waals surface area contributed by atoms with Crippen LogP contribution < -0.4 is 0 Å². The van der Waals surface area contributed by atoms with Crippen LogP contribution in [0, 0.1) is 0 Å². The molecule has 232 valence electrons. The van der Waals surface area contributed by atoms with Crippen LogP contribution in [-0.2, 0) is 0 Å². The van der Waals surface area contributed by atoms with Crippen LogP contribution in [0.1, 0.15) is 0 Å². The van der Waals surface area contributed by atoms with Gasteiger partial charge in [-0.05, 0) is 92.0 Å². The summed E-state index contributed by atoms with van der Waals surface area (Å²) in [6, 6.07) is 66.7. The van der Waals surface area contributed by atoms with Gasteiger partial charge in [0.15, 0.2) is 0 Å². The van der Waals surface area contributed by atoms with Gasteiger partial charge in [-0.15, -0.1) is 0 Å². The molecule has 11 aromatic rings. The molecule has 9 aromatic carbocycles. The van der Waals surface area contributed by atoms with Gasteiger partial charge in [-0.3, -0.25) is 0 Å². The second kappa shape index (κ2) is 10.4. The molecule has 0 aliphatic heterocycles. The Morgan fingerprint density at radius 2 is 0.740 bits per heavy atom. The molecule has 2 heteroatoms. The molecule has 0 atom stereocenters. The molecule has 0 saturated heterocycles. The van der Waals surface area contributed by atoms with E-state index < -0.39 is 0 Å². The van der Waals surface area contributed by atoms with E-state index in [0.29, 0.717) is 0 Å². The molecule has 0 amide bonds. The lowest BCUT2D eigenvalue weighted by Crippen LogP contribution is -1.95. The van der Waals surface area contributed by atoms with E-state index in [0.717, 1.165) is 5.69 Å². The van der Waals surface area contributed by atoms with E-state index in [-0.39, 0.29) is 0 Å². The number of benzene rings is 9. The highest BCUT2D eigenvalue weighted by Gasteiger charge is 2.20. The summed E-state index contributed by atoms with van der Waals surface area (Å²) < 4.78 is 4.88. The van der Waals surface area contributed by atoms with E-state index in [1.807, 2.05) is 0 Å². The van der Waals surface area contributed by atoms with Crippen LogP contribution in [0.5, 0.6) is 0 Å². The molecule has 0 N–H and O–H groups in total. The van der Waals surface area contributed by atoms with Gasteiger partial charge in [0.2, 0.25) is 0 Å². The van der Waals surface area contributed by atoms with Crippen molar-refractivity contribution in [2.24, 2.45) is 0 Å². The molecule has 2 nitrogen and oxygen atoms in total. The fraction of sp³-hybridized carbons (Fsp3) is 0. The number of rotatable bonds is 3. The molecule has 0 fully saturated rings. The predicted molar refractivity (Wildman–Crippen MR) is 213 cm³/mol. The van der Waals surface area contributed by atoms with Gasteiger partial charge < -0.3 is 9.13 Å². The van der Waals surface area contributed by atoms with E-state index >= 15 is 0 Å². The van der Waals surface area contributed by atoms with Crippen LogP contribution in [0.25, 0.3) is 98.4 Å². The van der Waals surface area contributed by atoms with Gasteiger partial charge in [0.05, 0.1) is 22.1 Å². The third-order valence-corrected chi connectivity index (χ3v) is 10.7. The van der Waals surface area contributed by atoms with Crippen molar-refractivity contribution in [3.8, 4) is 22.5 Å². The van der Waals surface area contributed by atoms with Crippen molar-refractivity contribution >= 4 is 75.9 Å². The van der Waals surface area contributed by atoms with Crippen LogP contribution >= 0.6 is 0 Å². The first-order chi connectivity index (χ1) is 24.8. The molecule has 0 saturated carbocycles. The van der Waals surface area contributed by atoms with Crippen molar-refractivity contribution in [1.29, 1.82) is 0 Å². The summed E-state index contributed by atoms with van der Waals surface area (Å²) in [6.45, 7) is 0. The van der Waals surface area contributed by atoms with Crippen molar-refractivity contribution in [3.05, 3.63) is 182 Å². The lowest BCUT2D eigenvalue weighted by atomic mass is 9.97. The Kier molecular flexibility index (Phi) is 5.70. The topological polar surface area (TPSA) is 9.86 Å². The van der Waals surface area contributed by atoms with Crippen molar-refractivity contribution in [2.45, 2.75) is 0 Å². The van der Waals surface area contributed by atoms with Gasteiger partial charge in [0.25, 0.3) is 0 Å². The third-order valence-electron chi connectivity index (χ3n) is 10.7. The van der Waals surface area contributed by atoms with Gasteiger partial charge >= 0.3 is 0 Å². The van der Waals surface area contributed by atoms with Crippen molar-refractivity contribution < 1.29 is 0 Å². The minimum atomic E-state index is 1.16.